The van der Waals surface area contributed by atoms with Crippen LogP contribution in [0.1, 0.15) is 240 Å². The molecule has 0 heterocycles. The Balaban J connectivity index is 4.25. The predicted octanol–water partition coefficient (Wildman–Crippen LogP) is 13.8. The van der Waals surface area contributed by atoms with Gasteiger partial charge in [-0.3, -0.25) is 14.4 Å². The van der Waals surface area contributed by atoms with Crippen LogP contribution in [0.2, 0.25) is 0 Å². The van der Waals surface area contributed by atoms with E-state index >= 15 is 0 Å². The molecule has 0 aliphatic heterocycles. The molecule has 0 spiro atoms. The van der Waals surface area contributed by atoms with Crippen molar-refractivity contribution >= 4 is 17.9 Å². The van der Waals surface area contributed by atoms with E-state index in [9.17, 15) is 14.4 Å². The first-order valence-corrected chi connectivity index (χ1v) is 22.2. The molecule has 0 saturated carbocycles. The van der Waals surface area contributed by atoms with Crippen LogP contribution in [0.15, 0.2) is 0 Å². The summed E-state index contributed by atoms with van der Waals surface area (Å²) in [4.78, 5) is 37.5. The van der Waals surface area contributed by atoms with Gasteiger partial charge < -0.3 is 14.2 Å². The lowest BCUT2D eigenvalue weighted by molar-refractivity contribution is -0.167. The lowest BCUT2D eigenvalue weighted by atomic mass is 10.0. The first-order chi connectivity index (χ1) is 24.7. The normalized spacial score (nSPS) is 12.1. The van der Waals surface area contributed by atoms with Crippen molar-refractivity contribution in [1.29, 1.82) is 0 Å². The average Bonchev–Trinajstić information content (AvgIpc) is 3.09. The van der Waals surface area contributed by atoms with Crippen molar-refractivity contribution in [2.24, 2.45) is 11.8 Å². The van der Waals surface area contributed by atoms with E-state index in [2.05, 4.69) is 34.6 Å². The molecule has 0 aliphatic carbocycles. The van der Waals surface area contributed by atoms with Crippen molar-refractivity contribution in [3.8, 4) is 0 Å². The number of ether oxygens (including phenoxy) is 3. The zero-order valence-corrected chi connectivity index (χ0v) is 34.7. The number of hydrogen-bond donors (Lipinski definition) is 0. The summed E-state index contributed by atoms with van der Waals surface area (Å²) in [5.74, 6) is 0.770. The van der Waals surface area contributed by atoms with Gasteiger partial charge in [0.05, 0.1) is 0 Å². The molecule has 1 atom stereocenters. The summed E-state index contributed by atoms with van der Waals surface area (Å²) in [6.07, 6.45) is 35.3. The van der Waals surface area contributed by atoms with Gasteiger partial charge in [0.2, 0.25) is 0 Å². The van der Waals surface area contributed by atoms with Gasteiger partial charge in [-0.2, -0.15) is 0 Å². The first kappa shape index (κ1) is 49.4. The van der Waals surface area contributed by atoms with E-state index in [0.29, 0.717) is 19.3 Å². The Bertz CT molecular complexity index is 779. The molecule has 6 heteroatoms. The highest BCUT2D eigenvalue weighted by Crippen LogP contribution is 2.16. The van der Waals surface area contributed by atoms with Crippen molar-refractivity contribution in [3.05, 3.63) is 0 Å². The molecule has 0 saturated heterocycles. The Morgan fingerprint density at radius 2 is 0.647 bits per heavy atom. The average molecular weight is 723 g/mol. The van der Waals surface area contributed by atoms with Crippen molar-refractivity contribution in [2.75, 3.05) is 13.2 Å². The Kier molecular flexibility index (Phi) is 37.0. The van der Waals surface area contributed by atoms with Gasteiger partial charge in [-0.05, 0) is 31.1 Å². The number of unbranched alkanes of at least 4 members (excludes halogenated alkanes) is 24. The minimum atomic E-state index is -0.759. The molecule has 0 rings (SSSR count). The molecule has 51 heavy (non-hydrogen) atoms. The first-order valence-electron chi connectivity index (χ1n) is 22.2. The zero-order chi connectivity index (χ0) is 37.6. The van der Waals surface area contributed by atoms with Gasteiger partial charge in [-0.1, -0.05) is 202 Å². The van der Waals surface area contributed by atoms with E-state index in [1.165, 1.54) is 128 Å². The van der Waals surface area contributed by atoms with Crippen molar-refractivity contribution < 1.29 is 28.6 Å². The van der Waals surface area contributed by atoms with Gasteiger partial charge in [0, 0.05) is 19.3 Å². The van der Waals surface area contributed by atoms with Crippen LogP contribution in [0.5, 0.6) is 0 Å². The van der Waals surface area contributed by atoms with E-state index in [-0.39, 0.29) is 31.1 Å². The van der Waals surface area contributed by atoms with Gasteiger partial charge >= 0.3 is 17.9 Å². The molecular weight excluding hydrogens is 636 g/mol. The van der Waals surface area contributed by atoms with Crippen LogP contribution in [0, 0.1) is 11.8 Å². The highest BCUT2D eigenvalue weighted by atomic mass is 16.6. The summed E-state index contributed by atoms with van der Waals surface area (Å²) in [5.41, 5.74) is 0. The smallest absolute Gasteiger partial charge is 0.306 e. The van der Waals surface area contributed by atoms with Crippen molar-refractivity contribution in [1.82, 2.24) is 0 Å². The molecule has 0 N–H and O–H groups in total. The van der Waals surface area contributed by atoms with Gasteiger partial charge in [-0.15, -0.1) is 0 Å². The minimum Gasteiger partial charge on any atom is -0.462 e. The number of esters is 3. The number of carbonyl (C=O) groups excluding carboxylic acids is 3. The summed E-state index contributed by atoms with van der Waals surface area (Å²) in [5, 5.41) is 0. The van der Waals surface area contributed by atoms with Gasteiger partial charge in [-0.25, -0.2) is 0 Å². The molecule has 6 nitrogen and oxygen atoms in total. The van der Waals surface area contributed by atoms with Gasteiger partial charge in [0.15, 0.2) is 6.10 Å². The van der Waals surface area contributed by atoms with E-state index in [1.807, 2.05) is 0 Å². The van der Waals surface area contributed by atoms with E-state index in [0.717, 1.165) is 69.6 Å². The van der Waals surface area contributed by atoms with Crippen LogP contribution in [0.25, 0.3) is 0 Å². The summed E-state index contributed by atoms with van der Waals surface area (Å²) in [7, 11) is 0. The van der Waals surface area contributed by atoms with Crippen LogP contribution in [0.3, 0.4) is 0 Å². The predicted molar refractivity (Wildman–Crippen MR) is 215 cm³/mol. The van der Waals surface area contributed by atoms with Crippen LogP contribution in [-0.2, 0) is 28.6 Å². The third kappa shape index (κ3) is 39.5. The maximum atomic E-state index is 12.6. The maximum Gasteiger partial charge on any atom is 0.306 e. The highest BCUT2D eigenvalue weighted by molar-refractivity contribution is 5.71. The Hall–Kier alpha value is -1.59. The van der Waals surface area contributed by atoms with E-state index < -0.39 is 6.10 Å². The number of carbonyl (C=O) groups is 3. The molecule has 0 radical (unpaired) electrons. The Morgan fingerprint density at radius 3 is 0.961 bits per heavy atom. The molecule has 0 aliphatic rings. The lowest BCUT2D eigenvalue weighted by Crippen LogP contribution is -2.30. The number of hydrogen-bond acceptors (Lipinski definition) is 6. The molecule has 302 valence electrons. The second kappa shape index (κ2) is 38.1. The molecule has 0 aromatic heterocycles. The minimum absolute atomic E-state index is 0.0657. The van der Waals surface area contributed by atoms with Crippen molar-refractivity contribution in [2.45, 2.75) is 246 Å². The number of rotatable bonds is 39. The molecule has 0 aromatic carbocycles. The van der Waals surface area contributed by atoms with Crippen LogP contribution in [-0.4, -0.2) is 37.2 Å². The fourth-order valence-electron chi connectivity index (χ4n) is 6.58. The molecule has 0 amide bonds. The maximum absolute atomic E-state index is 12.6. The zero-order valence-electron chi connectivity index (χ0n) is 34.7. The summed E-state index contributed by atoms with van der Waals surface area (Å²) >= 11 is 0. The van der Waals surface area contributed by atoms with Gasteiger partial charge in [0.1, 0.15) is 13.2 Å². The molecular formula is C45H86O6. The largest absolute Gasteiger partial charge is 0.462 e. The third-order valence-corrected chi connectivity index (χ3v) is 9.97. The molecule has 0 unspecified atom stereocenters. The van der Waals surface area contributed by atoms with E-state index in [1.54, 1.807) is 0 Å². The monoisotopic (exact) mass is 723 g/mol. The third-order valence-electron chi connectivity index (χ3n) is 9.97. The van der Waals surface area contributed by atoms with Crippen molar-refractivity contribution in [3.63, 3.8) is 0 Å². The summed E-state index contributed by atoms with van der Waals surface area (Å²) in [6, 6.07) is 0. The molecule has 0 bridgehead atoms. The standard InChI is InChI=1S/C45H86O6/c1-6-7-8-9-18-27-32-37-45(48)51-42(39-50-44(47)36-31-26-22-17-13-15-20-24-29-34-41(4)5)38-49-43(46)35-30-25-21-16-12-10-11-14-19-23-28-33-40(2)3/h40-42H,6-39H2,1-5H3/t42-/m0/s1. The fourth-order valence-corrected chi connectivity index (χ4v) is 6.58. The SMILES string of the molecule is CCCCCCCCCC(=O)O[C@@H](COC(=O)CCCCCCCCCCCCCC(C)C)COC(=O)CCCCCCCCCCCC(C)C. The quantitative estimate of drug-likeness (QED) is 0.0357. The Labute approximate surface area is 317 Å². The van der Waals surface area contributed by atoms with Crippen LogP contribution in [0.4, 0.5) is 0 Å². The second-order valence-electron chi connectivity index (χ2n) is 16.3. The van der Waals surface area contributed by atoms with Gasteiger partial charge in [0.25, 0.3) is 0 Å². The summed E-state index contributed by atoms with van der Waals surface area (Å²) in [6.45, 7) is 11.3. The fraction of sp³-hybridized carbons (Fsp3) is 0.933. The Morgan fingerprint density at radius 1 is 0.373 bits per heavy atom. The van der Waals surface area contributed by atoms with Crippen LogP contribution >= 0.6 is 0 Å². The molecule has 0 fully saturated rings. The lowest BCUT2D eigenvalue weighted by Gasteiger charge is -2.18. The highest BCUT2D eigenvalue weighted by Gasteiger charge is 2.19. The van der Waals surface area contributed by atoms with Crippen LogP contribution < -0.4 is 0 Å². The van der Waals surface area contributed by atoms with E-state index in [4.69, 9.17) is 14.2 Å². The topological polar surface area (TPSA) is 78.9 Å². The second-order valence-corrected chi connectivity index (χ2v) is 16.3. The molecule has 0 aromatic rings. The summed E-state index contributed by atoms with van der Waals surface area (Å²) < 4.78 is 16.6.